The van der Waals surface area contributed by atoms with Crippen molar-refractivity contribution < 1.29 is 10.2 Å². The third kappa shape index (κ3) is 4.65. The molecule has 0 atom stereocenters. The molecule has 0 saturated carbocycles. The molecule has 0 bridgehead atoms. The molecule has 0 unspecified atom stereocenters. The molecule has 0 aliphatic rings. The van der Waals surface area contributed by atoms with E-state index in [1.54, 1.807) is 0 Å². The van der Waals surface area contributed by atoms with Crippen LogP contribution in [0.2, 0.25) is 0 Å². The Morgan fingerprint density at radius 1 is 0.500 bits per heavy atom. The minimum atomic E-state index is -0.245. The van der Waals surface area contributed by atoms with Crippen LogP contribution in [0, 0.1) is 41.5 Å². The Kier molecular flexibility index (Phi) is 6.51. The van der Waals surface area contributed by atoms with Crippen LogP contribution in [0.5, 0.6) is 11.5 Å². The van der Waals surface area contributed by atoms with E-state index in [4.69, 9.17) is 0 Å². The van der Waals surface area contributed by atoms with E-state index in [2.05, 4.69) is 92.6 Å². The fraction of sp³-hybridized carbons (Fsp3) is 0.294. The number of benzene rings is 4. The van der Waals surface area contributed by atoms with Crippen LogP contribution in [0.1, 0.15) is 59.7 Å². The highest BCUT2D eigenvalue weighted by Gasteiger charge is 2.25. The Labute approximate surface area is 216 Å². The Hall–Kier alpha value is -3.52. The summed E-state index contributed by atoms with van der Waals surface area (Å²) in [5.74, 6) is 0.352. The number of hydrogen-bond donors (Lipinski definition) is 2. The standard InChI is InChI=1S/C34H38O2/c1-19-12-21(3)31(22(4)13-19)25-10-11-27(29(35)17-25)33-28(34(7,8)9)16-26(18-30(33)36)32-23(5)14-20(2)15-24(32)6/h10-18,35-36H,1-9H3. The van der Waals surface area contributed by atoms with Crippen LogP contribution in [-0.4, -0.2) is 10.2 Å². The van der Waals surface area contributed by atoms with Crippen LogP contribution >= 0.6 is 0 Å². The van der Waals surface area contributed by atoms with Gasteiger partial charge in [-0.1, -0.05) is 62.2 Å². The quantitative estimate of drug-likeness (QED) is 0.308. The molecule has 4 aromatic rings. The number of aryl methyl sites for hydroxylation is 6. The van der Waals surface area contributed by atoms with E-state index in [0.29, 0.717) is 11.1 Å². The highest BCUT2D eigenvalue weighted by molar-refractivity contribution is 5.86. The van der Waals surface area contributed by atoms with Crippen LogP contribution in [0.15, 0.2) is 54.6 Å². The van der Waals surface area contributed by atoms with Gasteiger partial charge in [-0.2, -0.15) is 0 Å². The molecule has 0 heterocycles. The average Bonchev–Trinajstić information content (AvgIpc) is 2.72. The van der Waals surface area contributed by atoms with Crippen molar-refractivity contribution in [1.29, 1.82) is 0 Å². The van der Waals surface area contributed by atoms with Crippen LogP contribution in [0.4, 0.5) is 0 Å². The number of phenolic OH excluding ortho intramolecular Hbond substituents is 2. The first kappa shape index (κ1) is 25.6. The summed E-state index contributed by atoms with van der Waals surface area (Å²) in [6.07, 6.45) is 0. The van der Waals surface area contributed by atoms with Crippen molar-refractivity contribution in [2.75, 3.05) is 0 Å². The second-order valence-corrected chi connectivity index (χ2v) is 11.4. The third-order valence-corrected chi connectivity index (χ3v) is 7.12. The van der Waals surface area contributed by atoms with Crippen molar-refractivity contribution in [2.45, 2.75) is 67.7 Å². The lowest BCUT2D eigenvalue weighted by Gasteiger charge is -2.26. The first-order valence-corrected chi connectivity index (χ1v) is 12.6. The first-order chi connectivity index (χ1) is 16.8. The van der Waals surface area contributed by atoms with E-state index < -0.39 is 0 Å². The van der Waals surface area contributed by atoms with E-state index in [-0.39, 0.29) is 16.9 Å². The van der Waals surface area contributed by atoms with Gasteiger partial charge in [-0.25, -0.2) is 0 Å². The number of rotatable bonds is 3. The molecule has 2 heteroatoms. The molecule has 0 amide bonds. The fourth-order valence-corrected chi connectivity index (χ4v) is 5.81. The highest BCUT2D eigenvalue weighted by Crippen LogP contribution is 2.47. The van der Waals surface area contributed by atoms with Crippen LogP contribution in [0.25, 0.3) is 33.4 Å². The second kappa shape index (κ2) is 9.17. The van der Waals surface area contributed by atoms with Crippen molar-refractivity contribution in [3.05, 3.63) is 93.5 Å². The van der Waals surface area contributed by atoms with Gasteiger partial charge in [-0.05, 0) is 121 Å². The molecule has 4 aromatic carbocycles. The molecule has 4 rings (SSSR count). The molecule has 2 nitrogen and oxygen atoms in total. The lowest BCUT2D eigenvalue weighted by atomic mass is 9.78. The molecule has 0 aliphatic heterocycles. The molecule has 0 fully saturated rings. The maximum absolute atomic E-state index is 11.4. The highest BCUT2D eigenvalue weighted by atomic mass is 16.3. The molecule has 36 heavy (non-hydrogen) atoms. The summed E-state index contributed by atoms with van der Waals surface area (Å²) in [6.45, 7) is 19.1. The summed E-state index contributed by atoms with van der Waals surface area (Å²) in [5, 5.41) is 22.7. The van der Waals surface area contributed by atoms with Crippen molar-refractivity contribution in [3.63, 3.8) is 0 Å². The molecule has 0 aromatic heterocycles. The van der Waals surface area contributed by atoms with Crippen LogP contribution in [0.3, 0.4) is 0 Å². The van der Waals surface area contributed by atoms with Crippen LogP contribution in [-0.2, 0) is 5.41 Å². The van der Waals surface area contributed by atoms with Gasteiger partial charge in [0.15, 0.2) is 0 Å². The van der Waals surface area contributed by atoms with E-state index in [1.807, 2.05) is 24.3 Å². The predicted molar refractivity (Wildman–Crippen MR) is 153 cm³/mol. The van der Waals surface area contributed by atoms with Gasteiger partial charge in [-0.3, -0.25) is 0 Å². The van der Waals surface area contributed by atoms with Gasteiger partial charge in [0.2, 0.25) is 0 Å². The molecule has 0 saturated heterocycles. The van der Waals surface area contributed by atoms with Gasteiger partial charge in [-0.15, -0.1) is 0 Å². The normalized spacial score (nSPS) is 11.7. The monoisotopic (exact) mass is 478 g/mol. The zero-order valence-electron chi connectivity index (χ0n) is 23.1. The van der Waals surface area contributed by atoms with E-state index in [0.717, 1.165) is 27.8 Å². The van der Waals surface area contributed by atoms with Gasteiger partial charge < -0.3 is 10.2 Å². The predicted octanol–water partition coefficient (Wildman–Crippen LogP) is 9.25. The number of hydrogen-bond acceptors (Lipinski definition) is 2. The maximum atomic E-state index is 11.4. The molecule has 0 spiro atoms. The Morgan fingerprint density at radius 2 is 0.944 bits per heavy atom. The zero-order valence-corrected chi connectivity index (χ0v) is 23.1. The SMILES string of the molecule is Cc1cc(C)c(-c2ccc(-c3c(O)cc(-c4c(C)cc(C)cc4C)cc3C(C)(C)C)c(O)c2)c(C)c1. The topological polar surface area (TPSA) is 40.5 Å². The van der Waals surface area contributed by atoms with Gasteiger partial charge in [0.05, 0.1) is 0 Å². The van der Waals surface area contributed by atoms with E-state index in [9.17, 15) is 10.2 Å². The Balaban J connectivity index is 1.92. The summed E-state index contributed by atoms with van der Waals surface area (Å²) >= 11 is 0. The number of aromatic hydroxyl groups is 2. The summed E-state index contributed by atoms with van der Waals surface area (Å²) in [4.78, 5) is 0. The smallest absolute Gasteiger partial charge is 0.124 e. The largest absolute Gasteiger partial charge is 0.507 e. The average molecular weight is 479 g/mol. The zero-order chi connectivity index (χ0) is 26.5. The lowest BCUT2D eigenvalue weighted by molar-refractivity contribution is 0.466. The van der Waals surface area contributed by atoms with Gasteiger partial charge in [0.1, 0.15) is 11.5 Å². The summed E-state index contributed by atoms with van der Waals surface area (Å²) in [5.41, 5.74) is 13.6. The van der Waals surface area contributed by atoms with Crippen molar-refractivity contribution in [2.24, 2.45) is 0 Å². The molecule has 0 aliphatic carbocycles. The minimum Gasteiger partial charge on any atom is -0.507 e. The summed E-state index contributed by atoms with van der Waals surface area (Å²) in [7, 11) is 0. The van der Waals surface area contributed by atoms with E-state index >= 15 is 0 Å². The van der Waals surface area contributed by atoms with Crippen LogP contribution < -0.4 is 0 Å². The molecule has 186 valence electrons. The maximum Gasteiger partial charge on any atom is 0.124 e. The van der Waals surface area contributed by atoms with Crippen molar-refractivity contribution >= 4 is 0 Å². The Bertz CT molecular complexity index is 1440. The fourth-order valence-electron chi connectivity index (χ4n) is 5.81. The van der Waals surface area contributed by atoms with Gasteiger partial charge >= 0.3 is 0 Å². The van der Waals surface area contributed by atoms with Gasteiger partial charge in [0.25, 0.3) is 0 Å². The number of phenols is 2. The first-order valence-electron chi connectivity index (χ1n) is 12.6. The van der Waals surface area contributed by atoms with E-state index in [1.165, 1.54) is 33.4 Å². The Morgan fingerprint density at radius 3 is 1.39 bits per heavy atom. The molecule has 0 radical (unpaired) electrons. The molecular weight excluding hydrogens is 440 g/mol. The van der Waals surface area contributed by atoms with Gasteiger partial charge in [0, 0.05) is 11.1 Å². The van der Waals surface area contributed by atoms with Crippen molar-refractivity contribution in [3.8, 4) is 44.9 Å². The molecular formula is C34H38O2. The lowest BCUT2D eigenvalue weighted by Crippen LogP contribution is -2.13. The summed E-state index contributed by atoms with van der Waals surface area (Å²) < 4.78 is 0. The third-order valence-electron chi connectivity index (χ3n) is 7.12. The second-order valence-electron chi connectivity index (χ2n) is 11.4. The molecule has 2 N–H and O–H groups in total. The van der Waals surface area contributed by atoms with Crippen molar-refractivity contribution in [1.82, 2.24) is 0 Å². The minimum absolute atomic E-state index is 0.170. The summed E-state index contributed by atoms with van der Waals surface area (Å²) in [6, 6.07) is 18.6.